The zero-order chi connectivity index (χ0) is 11.4. The molecule has 1 aromatic carbocycles. The van der Waals surface area contributed by atoms with Crippen LogP contribution in [-0.4, -0.2) is 16.2 Å². The standard InChI is InChI=1S/C11H11N3OS/c1-16-9-4-2-8(3-5-9)15-11-7-13-10(12)6-14-11/h2-7H,1H3,(H2,12,13). The lowest BCUT2D eigenvalue weighted by molar-refractivity contribution is 0.460. The molecule has 0 aliphatic heterocycles. The summed E-state index contributed by atoms with van der Waals surface area (Å²) >= 11 is 1.69. The lowest BCUT2D eigenvalue weighted by Gasteiger charge is -2.04. The number of aromatic nitrogens is 2. The Morgan fingerprint density at radius 2 is 1.88 bits per heavy atom. The van der Waals surface area contributed by atoms with Gasteiger partial charge in [0.1, 0.15) is 11.6 Å². The van der Waals surface area contributed by atoms with Crippen LogP contribution in [0, 0.1) is 0 Å². The molecule has 0 bridgehead atoms. The summed E-state index contributed by atoms with van der Waals surface area (Å²) in [5.74, 6) is 1.55. The molecule has 0 aliphatic rings. The van der Waals surface area contributed by atoms with Crippen LogP contribution in [0.1, 0.15) is 0 Å². The van der Waals surface area contributed by atoms with Gasteiger partial charge in [-0.1, -0.05) is 0 Å². The van der Waals surface area contributed by atoms with Gasteiger partial charge >= 0.3 is 0 Å². The van der Waals surface area contributed by atoms with Crippen molar-refractivity contribution in [2.45, 2.75) is 4.90 Å². The number of nitrogen functional groups attached to an aromatic ring is 1. The molecule has 0 atom stereocenters. The van der Waals surface area contributed by atoms with E-state index in [0.717, 1.165) is 5.75 Å². The van der Waals surface area contributed by atoms with Crippen molar-refractivity contribution in [3.05, 3.63) is 36.7 Å². The minimum Gasteiger partial charge on any atom is -0.438 e. The summed E-state index contributed by atoms with van der Waals surface area (Å²) < 4.78 is 5.49. The molecule has 0 amide bonds. The molecular weight excluding hydrogens is 222 g/mol. The third-order valence-electron chi connectivity index (χ3n) is 1.93. The smallest absolute Gasteiger partial charge is 0.237 e. The maximum absolute atomic E-state index is 5.49. The van der Waals surface area contributed by atoms with E-state index in [-0.39, 0.29) is 0 Å². The Bertz CT molecular complexity index is 456. The second-order valence-electron chi connectivity index (χ2n) is 3.06. The molecule has 0 spiro atoms. The maximum Gasteiger partial charge on any atom is 0.237 e. The Hall–Kier alpha value is -1.75. The number of thioether (sulfide) groups is 1. The lowest BCUT2D eigenvalue weighted by Crippen LogP contribution is -1.93. The molecule has 0 aliphatic carbocycles. The highest BCUT2D eigenvalue weighted by Gasteiger charge is 1.99. The average molecular weight is 233 g/mol. The van der Waals surface area contributed by atoms with E-state index >= 15 is 0 Å². The average Bonchev–Trinajstić information content (AvgIpc) is 2.33. The molecule has 1 aromatic heterocycles. The Labute approximate surface area is 97.9 Å². The summed E-state index contributed by atoms with van der Waals surface area (Å²) in [5.41, 5.74) is 5.43. The highest BCUT2D eigenvalue weighted by molar-refractivity contribution is 7.98. The summed E-state index contributed by atoms with van der Waals surface area (Å²) in [6, 6.07) is 7.77. The van der Waals surface area contributed by atoms with Gasteiger partial charge in [0.05, 0.1) is 12.4 Å². The number of hydrogen-bond donors (Lipinski definition) is 1. The summed E-state index contributed by atoms with van der Waals surface area (Å²) in [4.78, 5) is 9.09. The van der Waals surface area contributed by atoms with Crippen molar-refractivity contribution in [1.82, 2.24) is 9.97 Å². The first-order valence-corrected chi connectivity index (χ1v) is 5.90. The quantitative estimate of drug-likeness (QED) is 0.825. The second-order valence-corrected chi connectivity index (χ2v) is 3.94. The highest BCUT2D eigenvalue weighted by Crippen LogP contribution is 2.22. The third kappa shape index (κ3) is 2.64. The van der Waals surface area contributed by atoms with E-state index in [9.17, 15) is 0 Å². The molecule has 16 heavy (non-hydrogen) atoms. The SMILES string of the molecule is CSc1ccc(Oc2cnc(N)cn2)cc1. The van der Waals surface area contributed by atoms with Gasteiger partial charge in [-0.05, 0) is 30.5 Å². The molecule has 5 heteroatoms. The molecule has 4 nitrogen and oxygen atoms in total. The zero-order valence-electron chi connectivity index (χ0n) is 8.75. The monoisotopic (exact) mass is 233 g/mol. The van der Waals surface area contributed by atoms with E-state index in [4.69, 9.17) is 10.5 Å². The Kier molecular flexibility index (Phi) is 3.26. The normalized spacial score (nSPS) is 10.1. The van der Waals surface area contributed by atoms with Crippen molar-refractivity contribution < 1.29 is 4.74 Å². The fraction of sp³-hybridized carbons (Fsp3) is 0.0909. The van der Waals surface area contributed by atoms with Gasteiger partial charge in [-0.3, -0.25) is 0 Å². The number of nitrogens with two attached hydrogens (primary N) is 1. The molecule has 82 valence electrons. The third-order valence-corrected chi connectivity index (χ3v) is 2.67. The van der Waals surface area contributed by atoms with Crippen molar-refractivity contribution in [2.75, 3.05) is 12.0 Å². The maximum atomic E-state index is 5.49. The van der Waals surface area contributed by atoms with Crippen molar-refractivity contribution in [2.24, 2.45) is 0 Å². The van der Waals surface area contributed by atoms with Crippen molar-refractivity contribution in [3.8, 4) is 11.6 Å². The molecule has 0 saturated carbocycles. The van der Waals surface area contributed by atoms with Crippen LogP contribution in [0.15, 0.2) is 41.6 Å². The minimum atomic E-state index is 0.380. The Balaban J connectivity index is 2.11. The largest absolute Gasteiger partial charge is 0.438 e. The predicted octanol–water partition coefficient (Wildman–Crippen LogP) is 2.57. The summed E-state index contributed by atoms with van der Waals surface area (Å²) in [5, 5.41) is 0. The van der Waals surface area contributed by atoms with Crippen LogP contribution in [0.2, 0.25) is 0 Å². The molecule has 1 heterocycles. The van der Waals surface area contributed by atoms with Crippen LogP contribution < -0.4 is 10.5 Å². The summed E-state index contributed by atoms with van der Waals surface area (Å²) in [6.07, 6.45) is 4.99. The van der Waals surface area contributed by atoms with Gasteiger partial charge in [-0.2, -0.15) is 0 Å². The number of rotatable bonds is 3. The van der Waals surface area contributed by atoms with Gasteiger partial charge in [0.25, 0.3) is 0 Å². The topological polar surface area (TPSA) is 61.0 Å². The van der Waals surface area contributed by atoms with Crippen LogP contribution in [0.3, 0.4) is 0 Å². The van der Waals surface area contributed by atoms with Crippen molar-refractivity contribution >= 4 is 17.6 Å². The van der Waals surface area contributed by atoms with Gasteiger partial charge in [0, 0.05) is 4.90 Å². The van der Waals surface area contributed by atoms with Gasteiger partial charge in [-0.25, -0.2) is 9.97 Å². The van der Waals surface area contributed by atoms with Gasteiger partial charge in [0.2, 0.25) is 5.88 Å². The van der Waals surface area contributed by atoms with Crippen LogP contribution in [0.4, 0.5) is 5.82 Å². The number of ether oxygens (including phenoxy) is 1. The van der Waals surface area contributed by atoms with Crippen LogP contribution >= 0.6 is 11.8 Å². The van der Waals surface area contributed by atoms with Crippen molar-refractivity contribution in [1.29, 1.82) is 0 Å². The fourth-order valence-electron chi connectivity index (χ4n) is 1.14. The Morgan fingerprint density at radius 3 is 2.44 bits per heavy atom. The van der Waals surface area contributed by atoms with Crippen LogP contribution in [-0.2, 0) is 0 Å². The zero-order valence-corrected chi connectivity index (χ0v) is 9.57. The first-order valence-electron chi connectivity index (χ1n) is 4.67. The van der Waals surface area contributed by atoms with E-state index < -0.39 is 0 Å². The van der Waals surface area contributed by atoms with E-state index in [0.29, 0.717) is 11.7 Å². The van der Waals surface area contributed by atoms with Gasteiger partial charge < -0.3 is 10.5 Å². The molecule has 2 aromatic rings. The highest BCUT2D eigenvalue weighted by atomic mass is 32.2. The number of hydrogen-bond acceptors (Lipinski definition) is 5. The van der Waals surface area contributed by atoms with E-state index in [1.807, 2.05) is 30.5 Å². The van der Waals surface area contributed by atoms with Crippen LogP contribution in [0.5, 0.6) is 11.6 Å². The van der Waals surface area contributed by atoms with Gasteiger partial charge in [-0.15, -0.1) is 11.8 Å². The number of anilines is 1. The number of nitrogens with zero attached hydrogens (tertiary/aromatic N) is 2. The van der Waals surface area contributed by atoms with E-state index in [1.54, 1.807) is 11.8 Å². The first kappa shape index (κ1) is 10.8. The van der Waals surface area contributed by atoms with Crippen molar-refractivity contribution in [3.63, 3.8) is 0 Å². The predicted molar refractivity (Wildman–Crippen MR) is 64.7 cm³/mol. The van der Waals surface area contributed by atoms with Crippen LogP contribution in [0.25, 0.3) is 0 Å². The first-order chi connectivity index (χ1) is 7.78. The molecule has 0 fully saturated rings. The van der Waals surface area contributed by atoms with Gasteiger partial charge in [0.15, 0.2) is 0 Å². The molecule has 0 unspecified atom stereocenters. The molecule has 0 saturated heterocycles. The second kappa shape index (κ2) is 4.85. The Morgan fingerprint density at radius 1 is 1.12 bits per heavy atom. The summed E-state index contributed by atoms with van der Waals surface area (Å²) in [6.45, 7) is 0. The molecular formula is C11H11N3OS. The lowest BCUT2D eigenvalue weighted by atomic mass is 10.3. The number of benzene rings is 1. The molecule has 0 radical (unpaired) electrons. The fourth-order valence-corrected chi connectivity index (χ4v) is 1.55. The molecule has 2 rings (SSSR count). The molecule has 2 N–H and O–H groups in total. The van der Waals surface area contributed by atoms with E-state index in [2.05, 4.69) is 9.97 Å². The van der Waals surface area contributed by atoms with E-state index in [1.165, 1.54) is 17.3 Å². The minimum absolute atomic E-state index is 0.380. The summed E-state index contributed by atoms with van der Waals surface area (Å²) in [7, 11) is 0.